The number of furan rings is 1. The number of amides is 1. The van der Waals surface area contributed by atoms with Gasteiger partial charge in [0.2, 0.25) is 0 Å². The zero-order valence-electron chi connectivity index (χ0n) is 16.9. The molecule has 1 amide bonds. The van der Waals surface area contributed by atoms with Crippen molar-refractivity contribution in [3.8, 4) is 11.4 Å². The molecular weight excluding hydrogens is 394 g/mol. The van der Waals surface area contributed by atoms with Crippen molar-refractivity contribution in [1.82, 2.24) is 15.0 Å². The minimum absolute atomic E-state index is 0.178. The zero-order chi connectivity index (χ0) is 21.6. The number of hydrogen-bond acceptors (Lipinski definition) is 6. The highest BCUT2D eigenvalue weighted by Crippen LogP contribution is 2.17. The first-order chi connectivity index (χ1) is 15.1. The van der Waals surface area contributed by atoms with E-state index >= 15 is 0 Å². The van der Waals surface area contributed by atoms with Gasteiger partial charge in [-0.15, -0.1) is 0 Å². The lowest BCUT2D eigenvalue weighted by Crippen LogP contribution is -2.11. The molecule has 0 unspecified atom stereocenters. The Kier molecular flexibility index (Phi) is 5.89. The van der Waals surface area contributed by atoms with Crippen LogP contribution in [-0.2, 0) is 13.0 Å². The Morgan fingerprint density at radius 3 is 2.77 bits per heavy atom. The Morgan fingerprint density at radius 2 is 2.03 bits per heavy atom. The summed E-state index contributed by atoms with van der Waals surface area (Å²) >= 11 is 0. The summed E-state index contributed by atoms with van der Waals surface area (Å²) in [6.07, 6.45) is 3.81. The van der Waals surface area contributed by atoms with E-state index in [0.29, 0.717) is 30.3 Å². The summed E-state index contributed by atoms with van der Waals surface area (Å²) in [4.78, 5) is 35.5. The molecular formula is C23H21N5O3. The molecule has 0 atom stereocenters. The smallest absolute Gasteiger partial charge is 0.291 e. The van der Waals surface area contributed by atoms with Crippen molar-refractivity contribution >= 4 is 17.4 Å². The van der Waals surface area contributed by atoms with Crippen LogP contribution in [0, 0.1) is 0 Å². The molecule has 1 aromatic carbocycles. The number of nitrogens with zero attached hydrogens (tertiary/aromatic N) is 2. The molecule has 0 aliphatic heterocycles. The number of anilines is 2. The van der Waals surface area contributed by atoms with E-state index in [2.05, 4.69) is 25.6 Å². The molecule has 3 N–H and O–H groups in total. The summed E-state index contributed by atoms with van der Waals surface area (Å²) in [5.74, 6) is 1.14. The summed E-state index contributed by atoms with van der Waals surface area (Å²) in [5, 5.41) is 6.06. The molecule has 0 radical (unpaired) electrons. The molecule has 0 bridgehead atoms. The van der Waals surface area contributed by atoms with Crippen molar-refractivity contribution in [3.63, 3.8) is 0 Å². The summed E-state index contributed by atoms with van der Waals surface area (Å²) in [7, 11) is 0. The number of H-pyrrole nitrogens is 1. The third kappa shape index (κ3) is 5.05. The minimum Gasteiger partial charge on any atom is -0.459 e. The number of aromatic amines is 1. The quantitative estimate of drug-likeness (QED) is 0.423. The van der Waals surface area contributed by atoms with Crippen LogP contribution in [0.25, 0.3) is 11.4 Å². The average Bonchev–Trinajstić information content (AvgIpc) is 3.33. The van der Waals surface area contributed by atoms with E-state index < -0.39 is 0 Å². The second kappa shape index (κ2) is 9.08. The maximum absolute atomic E-state index is 12.1. The molecule has 8 heteroatoms. The number of aryl methyl sites for hydroxylation is 1. The van der Waals surface area contributed by atoms with Gasteiger partial charge in [-0.25, -0.2) is 9.97 Å². The molecule has 31 heavy (non-hydrogen) atoms. The van der Waals surface area contributed by atoms with Crippen LogP contribution in [0.1, 0.15) is 28.7 Å². The molecule has 0 saturated heterocycles. The van der Waals surface area contributed by atoms with Gasteiger partial charge in [-0.3, -0.25) is 9.59 Å². The lowest BCUT2D eigenvalue weighted by Gasteiger charge is -2.09. The minimum atomic E-state index is -0.300. The molecule has 4 rings (SSSR count). The van der Waals surface area contributed by atoms with Crippen LogP contribution in [0.5, 0.6) is 0 Å². The molecule has 3 aromatic heterocycles. The van der Waals surface area contributed by atoms with E-state index in [-0.39, 0.29) is 17.2 Å². The van der Waals surface area contributed by atoms with E-state index in [0.717, 1.165) is 16.8 Å². The van der Waals surface area contributed by atoms with Gasteiger partial charge in [0.25, 0.3) is 11.5 Å². The standard InChI is InChI=1S/C23H21N5O3/c1-2-17-12-21(29)28-22(26-17)16-8-9-20(25-14-16)24-13-15-5-3-6-18(11-15)27-23(30)19-7-4-10-31-19/h3-12,14H,2,13H2,1H3,(H,24,25)(H,27,30)(H,26,28,29). The van der Waals surface area contributed by atoms with Crippen molar-refractivity contribution in [2.45, 2.75) is 19.9 Å². The lowest BCUT2D eigenvalue weighted by molar-refractivity contribution is 0.0996. The van der Waals surface area contributed by atoms with Gasteiger partial charge in [-0.05, 0) is 48.4 Å². The Balaban J connectivity index is 1.40. The molecule has 0 spiro atoms. The molecule has 0 saturated carbocycles. The van der Waals surface area contributed by atoms with E-state index in [1.165, 1.54) is 12.3 Å². The van der Waals surface area contributed by atoms with Gasteiger partial charge in [0.15, 0.2) is 5.76 Å². The number of carbonyl (C=O) groups is 1. The number of pyridine rings is 1. The molecule has 0 aliphatic rings. The Hall–Kier alpha value is -4.20. The molecule has 4 aromatic rings. The predicted molar refractivity (Wildman–Crippen MR) is 118 cm³/mol. The molecule has 3 heterocycles. The summed E-state index contributed by atoms with van der Waals surface area (Å²) in [5.41, 5.74) is 2.95. The Bertz CT molecular complexity index is 1230. The lowest BCUT2D eigenvalue weighted by atomic mass is 10.2. The monoisotopic (exact) mass is 415 g/mol. The van der Waals surface area contributed by atoms with E-state index in [1.807, 2.05) is 43.3 Å². The van der Waals surface area contributed by atoms with Gasteiger partial charge in [0.1, 0.15) is 11.6 Å². The number of benzene rings is 1. The van der Waals surface area contributed by atoms with Crippen LogP contribution < -0.4 is 16.2 Å². The summed E-state index contributed by atoms with van der Waals surface area (Å²) in [6.45, 7) is 2.48. The van der Waals surface area contributed by atoms with Crippen LogP contribution in [0.2, 0.25) is 0 Å². The normalized spacial score (nSPS) is 10.6. The SMILES string of the molecule is CCc1cc(=O)[nH]c(-c2ccc(NCc3cccc(NC(=O)c4ccco4)c3)nc2)n1. The van der Waals surface area contributed by atoms with Crippen LogP contribution in [0.15, 0.2) is 76.3 Å². The van der Waals surface area contributed by atoms with Crippen LogP contribution in [0.3, 0.4) is 0 Å². The van der Waals surface area contributed by atoms with Crippen LogP contribution in [0.4, 0.5) is 11.5 Å². The van der Waals surface area contributed by atoms with Gasteiger partial charge in [0.05, 0.1) is 6.26 Å². The molecule has 8 nitrogen and oxygen atoms in total. The molecule has 0 fully saturated rings. The predicted octanol–water partition coefficient (Wildman–Crippen LogP) is 3.85. The fraction of sp³-hybridized carbons (Fsp3) is 0.130. The van der Waals surface area contributed by atoms with Gasteiger partial charge >= 0.3 is 0 Å². The van der Waals surface area contributed by atoms with E-state index in [4.69, 9.17) is 4.42 Å². The first-order valence-electron chi connectivity index (χ1n) is 9.85. The second-order valence-corrected chi connectivity index (χ2v) is 6.86. The number of hydrogen-bond donors (Lipinski definition) is 3. The van der Waals surface area contributed by atoms with Gasteiger partial charge < -0.3 is 20.0 Å². The average molecular weight is 415 g/mol. The number of carbonyl (C=O) groups excluding carboxylic acids is 1. The van der Waals surface area contributed by atoms with Crippen molar-refractivity contribution in [2.24, 2.45) is 0 Å². The highest BCUT2D eigenvalue weighted by molar-refractivity contribution is 6.02. The van der Waals surface area contributed by atoms with Crippen molar-refractivity contribution in [3.05, 3.63) is 94.4 Å². The topological polar surface area (TPSA) is 113 Å². The van der Waals surface area contributed by atoms with Gasteiger partial charge in [-0.2, -0.15) is 0 Å². The highest BCUT2D eigenvalue weighted by Gasteiger charge is 2.09. The Labute approximate surface area is 178 Å². The van der Waals surface area contributed by atoms with Crippen molar-refractivity contribution < 1.29 is 9.21 Å². The third-order valence-corrected chi connectivity index (χ3v) is 4.60. The maximum Gasteiger partial charge on any atom is 0.291 e. The maximum atomic E-state index is 12.1. The highest BCUT2D eigenvalue weighted by atomic mass is 16.3. The first kappa shape index (κ1) is 20.1. The second-order valence-electron chi connectivity index (χ2n) is 6.86. The van der Waals surface area contributed by atoms with Crippen LogP contribution in [-0.4, -0.2) is 20.9 Å². The molecule has 156 valence electrons. The van der Waals surface area contributed by atoms with Crippen LogP contribution >= 0.6 is 0 Å². The largest absolute Gasteiger partial charge is 0.459 e. The number of aromatic nitrogens is 3. The first-order valence-corrected chi connectivity index (χ1v) is 9.85. The number of rotatable bonds is 7. The zero-order valence-corrected chi connectivity index (χ0v) is 16.9. The van der Waals surface area contributed by atoms with Crippen molar-refractivity contribution in [2.75, 3.05) is 10.6 Å². The number of nitrogens with one attached hydrogen (secondary N) is 3. The van der Waals surface area contributed by atoms with Gasteiger partial charge in [-0.1, -0.05) is 19.1 Å². The van der Waals surface area contributed by atoms with Crippen molar-refractivity contribution in [1.29, 1.82) is 0 Å². The third-order valence-electron chi connectivity index (χ3n) is 4.60. The van der Waals surface area contributed by atoms with E-state index in [1.54, 1.807) is 18.3 Å². The fourth-order valence-corrected chi connectivity index (χ4v) is 3.02. The summed E-state index contributed by atoms with van der Waals surface area (Å²) < 4.78 is 5.11. The van der Waals surface area contributed by atoms with Gasteiger partial charge in [0, 0.05) is 35.8 Å². The molecule has 0 aliphatic carbocycles. The Morgan fingerprint density at radius 1 is 1.13 bits per heavy atom. The fourth-order valence-electron chi connectivity index (χ4n) is 3.02. The summed E-state index contributed by atoms with van der Waals surface area (Å²) in [6, 6.07) is 16.0. The van der Waals surface area contributed by atoms with E-state index in [9.17, 15) is 9.59 Å².